The Labute approximate surface area is 139 Å². The van der Waals surface area contributed by atoms with Crippen LogP contribution in [-0.2, 0) is 11.2 Å². The normalized spacial score (nSPS) is 11.6. The van der Waals surface area contributed by atoms with Crippen molar-refractivity contribution in [3.63, 3.8) is 0 Å². The number of carboxylic acid groups (broad SMARTS) is 1. The highest BCUT2D eigenvalue weighted by Crippen LogP contribution is 2.29. The summed E-state index contributed by atoms with van der Waals surface area (Å²) in [5, 5.41) is 9.59. The summed E-state index contributed by atoms with van der Waals surface area (Å²) in [7, 11) is 0. The fraction of sp³-hybridized carbons (Fsp3) is 0.167. The summed E-state index contributed by atoms with van der Waals surface area (Å²) in [5.41, 5.74) is 0.805. The first-order chi connectivity index (χ1) is 11.0. The van der Waals surface area contributed by atoms with E-state index >= 15 is 0 Å². The topological polar surface area (TPSA) is 55.8 Å². The molecular formula is C18H17ClO4. The molecule has 5 heteroatoms. The number of aliphatic carboxylic acids is 1. The van der Waals surface area contributed by atoms with E-state index in [1.54, 1.807) is 48.5 Å². The van der Waals surface area contributed by atoms with E-state index in [2.05, 4.69) is 6.58 Å². The third-order valence-corrected chi connectivity index (χ3v) is 3.35. The molecule has 2 aromatic rings. The molecule has 1 unspecified atom stereocenters. The average molecular weight is 333 g/mol. The second-order valence-corrected chi connectivity index (χ2v) is 5.35. The van der Waals surface area contributed by atoms with Crippen molar-refractivity contribution in [2.75, 3.05) is 0 Å². The first-order valence-electron chi connectivity index (χ1n) is 7.06. The standard InChI is InChI=1S/C18H17ClO4/c1-3-4-13-11-16(23-15-7-5-14(19)6-8-15)9-10-17(13)22-12(2)18(20)21/h3,5-12H,1,4H2,2H3,(H,20,21). The molecule has 1 N–H and O–H groups in total. The molecule has 0 saturated heterocycles. The molecule has 0 aromatic heterocycles. The van der Waals surface area contributed by atoms with Gasteiger partial charge >= 0.3 is 5.97 Å². The third kappa shape index (κ3) is 4.76. The highest BCUT2D eigenvalue weighted by molar-refractivity contribution is 6.30. The zero-order valence-corrected chi connectivity index (χ0v) is 13.4. The van der Waals surface area contributed by atoms with E-state index in [-0.39, 0.29) is 0 Å². The van der Waals surface area contributed by atoms with E-state index in [1.807, 2.05) is 0 Å². The molecule has 0 amide bonds. The second-order valence-electron chi connectivity index (χ2n) is 4.92. The Kier molecular flexibility index (Phi) is 5.66. The molecule has 2 aromatic carbocycles. The molecule has 0 heterocycles. The van der Waals surface area contributed by atoms with Gasteiger partial charge in [-0.15, -0.1) is 6.58 Å². The lowest BCUT2D eigenvalue weighted by Crippen LogP contribution is -2.23. The van der Waals surface area contributed by atoms with Crippen molar-refractivity contribution in [2.24, 2.45) is 0 Å². The van der Waals surface area contributed by atoms with Gasteiger partial charge in [0.05, 0.1) is 0 Å². The minimum absolute atomic E-state index is 0.503. The van der Waals surface area contributed by atoms with Gasteiger partial charge in [0.2, 0.25) is 0 Å². The van der Waals surface area contributed by atoms with Crippen molar-refractivity contribution in [3.05, 3.63) is 65.7 Å². The van der Waals surface area contributed by atoms with Crippen LogP contribution in [0.2, 0.25) is 5.02 Å². The van der Waals surface area contributed by atoms with Gasteiger partial charge in [-0.1, -0.05) is 17.7 Å². The Morgan fingerprint density at radius 2 is 1.91 bits per heavy atom. The van der Waals surface area contributed by atoms with E-state index in [0.717, 1.165) is 5.56 Å². The molecule has 0 bridgehead atoms. The van der Waals surface area contributed by atoms with E-state index in [4.69, 9.17) is 26.2 Å². The zero-order chi connectivity index (χ0) is 16.8. The van der Waals surface area contributed by atoms with Crippen LogP contribution in [0.15, 0.2) is 55.1 Å². The molecule has 0 aliphatic rings. The minimum atomic E-state index is -1.02. The van der Waals surface area contributed by atoms with Gasteiger partial charge < -0.3 is 14.6 Å². The highest BCUT2D eigenvalue weighted by atomic mass is 35.5. The number of hydrogen-bond acceptors (Lipinski definition) is 3. The largest absolute Gasteiger partial charge is 0.479 e. The Morgan fingerprint density at radius 3 is 2.52 bits per heavy atom. The number of carbonyl (C=O) groups is 1. The van der Waals surface area contributed by atoms with Crippen molar-refractivity contribution >= 4 is 17.6 Å². The average Bonchev–Trinajstić information content (AvgIpc) is 2.52. The zero-order valence-electron chi connectivity index (χ0n) is 12.7. The monoisotopic (exact) mass is 332 g/mol. The first kappa shape index (κ1) is 16.9. The van der Waals surface area contributed by atoms with E-state index in [1.165, 1.54) is 6.92 Å². The summed E-state index contributed by atoms with van der Waals surface area (Å²) in [5.74, 6) is 0.769. The fourth-order valence-corrected chi connectivity index (χ4v) is 2.05. The van der Waals surface area contributed by atoms with Crippen LogP contribution >= 0.6 is 11.6 Å². The molecule has 0 radical (unpaired) electrons. The Morgan fingerprint density at radius 1 is 1.26 bits per heavy atom. The van der Waals surface area contributed by atoms with Gasteiger partial charge in [-0.05, 0) is 55.8 Å². The maximum Gasteiger partial charge on any atom is 0.344 e. The van der Waals surface area contributed by atoms with Gasteiger partial charge in [0.15, 0.2) is 6.10 Å². The van der Waals surface area contributed by atoms with Crippen LogP contribution in [0.5, 0.6) is 17.2 Å². The Hall–Kier alpha value is -2.46. The summed E-state index contributed by atoms with van der Waals surface area (Å²) in [6, 6.07) is 12.3. The lowest BCUT2D eigenvalue weighted by atomic mass is 10.1. The van der Waals surface area contributed by atoms with Gasteiger partial charge in [-0.25, -0.2) is 4.79 Å². The van der Waals surface area contributed by atoms with Gasteiger partial charge in [0, 0.05) is 10.6 Å². The quantitative estimate of drug-likeness (QED) is 0.746. The molecule has 4 nitrogen and oxygen atoms in total. The number of ether oxygens (including phenoxy) is 2. The van der Waals surface area contributed by atoms with E-state index < -0.39 is 12.1 Å². The molecule has 0 aliphatic carbocycles. The number of allylic oxidation sites excluding steroid dienone is 1. The molecule has 0 fully saturated rings. The predicted molar refractivity (Wildman–Crippen MR) is 89.6 cm³/mol. The van der Waals surface area contributed by atoms with Crippen LogP contribution in [0.1, 0.15) is 12.5 Å². The first-order valence-corrected chi connectivity index (χ1v) is 7.44. The Balaban J connectivity index is 2.22. The molecule has 0 saturated carbocycles. The van der Waals surface area contributed by atoms with E-state index in [0.29, 0.717) is 28.7 Å². The molecule has 23 heavy (non-hydrogen) atoms. The SMILES string of the molecule is C=CCc1cc(Oc2ccc(Cl)cc2)ccc1OC(C)C(=O)O. The molecule has 0 aliphatic heterocycles. The van der Waals surface area contributed by atoms with Crippen molar-refractivity contribution in [1.29, 1.82) is 0 Å². The fourth-order valence-electron chi connectivity index (χ4n) is 1.93. The number of rotatable bonds is 7. The van der Waals surface area contributed by atoms with Gasteiger partial charge in [0.1, 0.15) is 17.2 Å². The number of benzene rings is 2. The third-order valence-electron chi connectivity index (χ3n) is 3.10. The number of hydrogen-bond donors (Lipinski definition) is 1. The molecule has 120 valence electrons. The van der Waals surface area contributed by atoms with Gasteiger partial charge in [-0.2, -0.15) is 0 Å². The highest BCUT2D eigenvalue weighted by Gasteiger charge is 2.15. The van der Waals surface area contributed by atoms with Crippen LogP contribution in [0.4, 0.5) is 0 Å². The van der Waals surface area contributed by atoms with Crippen LogP contribution < -0.4 is 9.47 Å². The van der Waals surface area contributed by atoms with Crippen LogP contribution in [-0.4, -0.2) is 17.2 Å². The van der Waals surface area contributed by atoms with Crippen molar-refractivity contribution in [3.8, 4) is 17.2 Å². The number of halogens is 1. The maximum absolute atomic E-state index is 10.9. The van der Waals surface area contributed by atoms with Crippen molar-refractivity contribution in [2.45, 2.75) is 19.4 Å². The Bertz CT molecular complexity index is 695. The minimum Gasteiger partial charge on any atom is -0.479 e. The summed E-state index contributed by atoms with van der Waals surface area (Å²) in [6.07, 6.45) is 1.33. The van der Waals surface area contributed by atoms with Crippen molar-refractivity contribution in [1.82, 2.24) is 0 Å². The molecule has 1 atom stereocenters. The molecule has 0 spiro atoms. The van der Waals surface area contributed by atoms with Gasteiger partial charge in [0.25, 0.3) is 0 Å². The summed E-state index contributed by atoms with van der Waals surface area (Å²) in [4.78, 5) is 10.9. The maximum atomic E-state index is 10.9. The van der Waals surface area contributed by atoms with Crippen LogP contribution in [0.3, 0.4) is 0 Å². The summed E-state index contributed by atoms with van der Waals surface area (Å²) < 4.78 is 11.2. The summed E-state index contributed by atoms with van der Waals surface area (Å²) in [6.45, 7) is 5.19. The van der Waals surface area contributed by atoms with Crippen molar-refractivity contribution < 1.29 is 19.4 Å². The smallest absolute Gasteiger partial charge is 0.344 e. The lowest BCUT2D eigenvalue weighted by molar-refractivity contribution is -0.144. The van der Waals surface area contributed by atoms with Gasteiger partial charge in [-0.3, -0.25) is 0 Å². The predicted octanol–water partition coefficient (Wildman–Crippen LogP) is 4.71. The van der Waals surface area contributed by atoms with Crippen LogP contribution in [0, 0.1) is 0 Å². The van der Waals surface area contributed by atoms with Crippen LogP contribution in [0.25, 0.3) is 0 Å². The second kappa shape index (κ2) is 7.70. The summed E-state index contributed by atoms with van der Waals surface area (Å²) >= 11 is 5.84. The lowest BCUT2D eigenvalue weighted by Gasteiger charge is -2.15. The molecule has 2 rings (SSSR count). The molecular weight excluding hydrogens is 316 g/mol. The van der Waals surface area contributed by atoms with E-state index in [9.17, 15) is 4.79 Å². The number of carboxylic acids is 1.